The van der Waals surface area contributed by atoms with Gasteiger partial charge in [-0.1, -0.05) is 47.6 Å². The summed E-state index contributed by atoms with van der Waals surface area (Å²) in [6.07, 6.45) is 6.12. The first-order valence-corrected chi connectivity index (χ1v) is 16.5. The minimum atomic E-state index is -0.671. The van der Waals surface area contributed by atoms with Gasteiger partial charge in [-0.15, -0.1) is 18.3 Å². The Morgan fingerprint density at radius 3 is 2.60 bits per heavy atom. The smallest absolute Gasteiger partial charge is 0.316 e. The molecule has 8 heteroatoms. The predicted molar refractivity (Wildman–Crippen MR) is 160 cm³/mol. The highest BCUT2D eigenvalue weighted by molar-refractivity contribution is 8.00. The van der Waals surface area contributed by atoms with Crippen LogP contribution >= 0.6 is 11.8 Å². The van der Waals surface area contributed by atoms with E-state index in [-0.39, 0.29) is 57.7 Å². The molecule has 7 nitrogen and oxygen atoms in total. The zero-order valence-corrected chi connectivity index (χ0v) is 26.3. The lowest BCUT2D eigenvalue weighted by atomic mass is 9.44. The Bertz CT molecular complexity index is 1000. The minimum absolute atomic E-state index is 0.0159. The molecule has 4 fully saturated rings. The number of hydrogen-bond acceptors (Lipinski definition) is 7. The van der Waals surface area contributed by atoms with Gasteiger partial charge in [0, 0.05) is 41.5 Å². The lowest BCUT2D eigenvalue weighted by Crippen LogP contribution is -2.63. The van der Waals surface area contributed by atoms with Crippen LogP contribution in [0.3, 0.4) is 0 Å². The number of carbonyl (C=O) groups excluding carboxylic acids is 3. The Balaban J connectivity index is 1.52. The van der Waals surface area contributed by atoms with E-state index in [2.05, 4.69) is 27.4 Å². The topological polar surface area (TPSA) is 110 Å². The van der Waals surface area contributed by atoms with Crippen LogP contribution in [0.5, 0.6) is 0 Å². The second kappa shape index (κ2) is 11.7. The number of aliphatic hydroxyl groups excluding tert-OH is 1. The minimum Gasteiger partial charge on any atom is -0.461 e. The van der Waals surface area contributed by atoms with E-state index >= 15 is 0 Å². The summed E-state index contributed by atoms with van der Waals surface area (Å²) in [4.78, 5) is 41.7. The summed E-state index contributed by atoms with van der Waals surface area (Å²) < 4.78 is 6.38. The van der Waals surface area contributed by atoms with Gasteiger partial charge < -0.3 is 20.5 Å². The van der Waals surface area contributed by atoms with Crippen LogP contribution in [0.15, 0.2) is 12.7 Å². The van der Waals surface area contributed by atoms with Crippen LogP contribution in [0.2, 0.25) is 0 Å². The first kappa shape index (κ1) is 31.6. The van der Waals surface area contributed by atoms with E-state index in [0.29, 0.717) is 25.9 Å². The van der Waals surface area contributed by atoms with Gasteiger partial charge in [-0.3, -0.25) is 14.4 Å². The van der Waals surface area contributed by atoms with Gasteiger partial charge >= 0.3 is 5.97 Å². The third-order valence-corrected chi connectivity index (χ3v) is 13.0. The number of thioether (sulfide) groups is 1. The van der Waals surface area contributed by atoms with Crippen molar-refractivity contribution in [3.8, 4) is 0 Å². The molecule has 3 saturated carbocycles. The second-order valence-electron chi connectivity index (χ2n) is 14.2. The third kappa shape index (κ3) is 5.30. The number of hydrogen-bond donors (Lipinski definition) is 2. The summed E-state index contributed by atoms with van der Waals surface area (Å²) >= 11 is 1.55. The first-order valence-electron chi connectivity index (χ1n) is 15.4. The molecule has 4 aliphatic rings. The molecule has 4 rings (SSSR count). The molecule has 10 atom stereocenters. The van der Waals surface area contributed by atoms with Crippen molar-refractivity contribution in [2.24, 2.45) is 45.7 Å². The number of ketones is 1. The molecule has 1 amide bonds. The van der Waals surface area contributed by atoms with Crippen molar-refractivity contribution in [3.05, 3.63) is 12.7 Å². The van der Waals surface area contributed by atoms with Crippen molar-refractivity contribution in [1.82, 2.24) is 4.90 Å². The molecule has 1 saturated heterocycles. The van der Waals surface area contributed by atoms with Crippen molar-refractivity contribution in [2.45, 2.75) is 110 Å². The zero-order chi connectivity index (χ0) is 29.6. The molecular formula is C32H52N2O5S. The molecule has 226 valence electrons. The maximum Gasteiger partial charge on any atom is 0.316 e. The number of nitrogens with zero attached hydrogens (tertiary/aromatic N) is 1. The summed E-state index contributed by atoms with van der Waals surface area (Å²) in [7, 11) is 0. The number of carbonyl (C=O) groups is 3. The van der Waals surface area contributed by atoms with E-state index < -0.39 is 29.1 Å². The van der Waals surface area contributed by atoms with Crippen molar-refractivity contribution in [2.75, 3.05) is 18.8 Å². The number of rotatable bonds is 7. The molecule has 0 aromatic heterocycles. The maximum atomic E-state index is 13.6. The van der Waals surface area contributed by atoms with Gasteiger partial charge in [0.15, 0.2) is 0 Å². The molecular weight excluding hydrogens is 524 g/mol. The van der Waals surface area contributed by atoms with Gasteiger partial charge in [-0.2, -0.15) is 0 Å². The standard InChI is InChI=1S/C32H52N2O5S/c1-8-30(6)16-24(31(7)20(4)11-13-32(21(5)28(30)37)14-12-23(35)27(31)32)39-25(36)18-40-22-10-9-15-34(17-22)29(38)26(33)19(2)3/h8,19-22,24,26-28,37H,1,9-18,33H2,2-7H3/t20-,21+,22?,24-,26?,27+,28+,30-,31+,32+/m1/s1. The normalized spacial score (nSPS) is 42.5. The third-order valence-electron chi connectivity index (χ3n) is 11.7. The molecule has 1 heterocycles. The van der Waals surface area contributed by atoms with Gasteiger partial charge in [0.25, 0.3) is 0 Å². The molecule has 3 aliphatic carbocycles. The number of amides is 1. The van der Waals surface area contributed by atoms with Crippen LogP contribution in [0.25, 0.3) is 0 Å². The Hall–Kier alpha value is -1.38. The molecule has 3 N–H and O–H groups in total. The van der Waals surface area contributed by atoms with E-state index in [4.69, 9.17) is 10.5 Å². The van der Waals surface area contributed by atoms with Crippen molar-refractivity contribution in [1.29, 1.82) is 0 Å². The fourth-order valence-electron chi connectivity index (χ4n) is 8.65. The average molecular weight is 577 g/mol. The van der Waals surface area contributed by atoms with Crippen LogP contribution in [-0.4, -0.2) is 70.0 Å². The van der Waals surface area contributed by atoms with Crippen LogP contribution < -0.4 is 5.73 Å². The Labute approximate surface area is 245 Å². The summed E-state index contributed by atoms with van der Waals surface area (Å²) in [5, 5.41) is 11.8. The molecule has 0 spiro atoms. The van der Waals surface area contributed by atoms with Crippen molar-refractivity contribution >= 4 is 29.4 Å². The van der Waals surface area contributed by atoms with Crippen LogP contribution in [0.1, 0.15) is 86.5 Å². The van der Waals surface area contributed by atoms with Crippen LogP contribution in [0.4, 0.5) is 0 Å². The van der Waals surface area contributed by atoms with E-state index in [0.717, 1.165) is 32.1 Å². The highest BCUT2D eigenvalue weighted by Gasteiger charge is 2.68. The molecule has 0 aromatic carbocycles. The van der Waals surface area contributed by atoms with E-state index in [1.807, 2.05) is 31.7 Å². The monoisotopic (exact) mass is 576 g/mol. The highest BCUT2D eigenvalue weighted by Crippen LogP contribution is 2.68. The number of nitrogens with two attached hydrogens (primary N) is 1. The largest absolute Gasteiger partial charge is 0.461 e. The number of likely N-dealkylation sites (tertiary alicyclic amines) is 1. The van der Waals surface area contributed by atoms with Crippen molar-refractivity contribution in [3.63, 3.8) is 0 Å². The zero-order valence-electron chi connectivity index (χ0n) is 25.5. The van der Waals surface area contributed by atoms with Crippen molar-refractivity contribution < 1.29 is 24.2 Å². The molecule has 40 heavy (non-hydrogen) atoms. The summed E-state index contributed by atoms with van der Waals surface area (Å²) in [5.74, 6) is 0.158. The fourth-order valence-corrected chi connectivity index (χ4v) is 9.71. The SMILES string of the molecule is C=C[C@]1(C)C[C@@H](OC(=O)CSC2CCCN(C(=O)C(N)C(C)C)C2)[C@]2(C)[C@H](C)CC[C@]3(CCC(=O)[C@H]32)[C@@H](C)[C@@H]1O. The summed E-state index contributed by atoms with van der Waals surface area (Å²) in [6.45, 7) is 17.8. The fraction of sp³-hybridized carbons (Fsp3) is 0.844. The van der Waals surface area contributed by atoms with Crippen LogP contribution in [0, 0.1) is 39.9 Å². The second-order valence-corrected chi connectivity index (χ2v) is 15.5. The molecule has 1 aliphatic heterocycles. The van der Waals surface area contributed by atoms with Gasteiger partial charge in [0.05, 0.1) is 17.9 Å². The van der Waals surface area contributed by atoms with Gasteiger partial charge in [0.2, 0.25) is 5.91 Å². The Kier molecular flexibility index (Phi) is 9.24. The number of Topliss-reactive ketones (excluding diaryl/α,β-unsaturated/α-hetero) is 1. The van der Waals surface area contributed by atoms with E-state index in [9.17, 15) is 19.5 Å². The first-order chi connectivity index (χ1) is 18.7. The summed E-state index contributed by atoms with van der Waals surface area (Å²) in [6, 6.07) is -0.506. The Morgan fingerprint density at radius 2 is 1.95 bits per heavy atom. The number of ether oxygens (including phenoxy) is 1. The highest BCUT2D eigenvalue weighted by atomic mass is 32.2. The quantitative estimate of drug-likeness (QED) is 0.337. The number of piperidine rings is 1. The van der Waals surface area contributed by atoms with E-state index in [1.54, 1.807) is 11.8 Å². The number of aliphatic hydroxyl groups is 1. The maximum absolute atomic E-state index is 13.6. The van der Waals surface area contributed by atoms with Gasteiger partial charge in [-0.05, 0) is 61.7 Å². The lowest BCUT2D eigenvalue weighted by Gasteiger charge is -2.61. The Morgan fingerprint density at radius 1 is 1.25 bits per heavy atom. The summed E-state index contributed by atoms with van der Waals surface area (Å²) in [5.41, 5.74) is 4.70. The van der Waals surface area contributed by atoms with Gasteiger partial charge in [-0.25, -0.2) is 0 Å². The van der Waals surface area contributed by atoms with Crippen LogP contribution in [-0.2, 0) is 19.1 Å². The molecule has 0 radical (unpaired) electrons. The molecule has 2 unspecified atom stereocenters. The average Bonchev–Trinajstić information content (AvgIpc) is 3.29. The molecule has 2 bridgehead atoms. The lowest BCUT2D eigenvalue weighted by molar-refractivity contribution is -0.205. The van der Waals surface area contributed by atoms with Gasteiger partial charge in [0.1, 0.15) is 11.9 Å². The molecule has 0 aromatic rings. The predicted octanol–water partition coefficient (Wildman–Crippen LogP) is 4.60. The number of esters is 1. The van der Waals surface area contributed by atoms with E-state index in [1.165, 1.54) is 0 Å².